The molecular weight excluding hydrogens is 228 g/mol. The molecule has 0 aliphatic heterocycles. The highest BCUT2D eigenvalue weighted by molar-refractivity contribution is 5.07. The zero-order chi connectivity index (χ0) is 13.5. The molecule has 0 heteroatoms. The Morgan fingerprint density at radius 2 is 1.68 bits per heavy atom. The van der Waals surface area contributed by atoms with Crippen LogP contribution in [-0.4, -0.2) is 0 Å². The molecule has 0 N–H and O–H groups in total. The zero-order valence-corrected chi connectivity index (χ0v) is 12.6. The highest BCUT2D eigenvalue weighted by Gasteiger charge is 2.18. The maximum atomic E-state index is 3.92. The molecule has 0 aromatic carbocycles. The van der Waals surface area contributed by atoms with Crippen molar-refractivity contribution in [3.8, 4) is 0 Å². The van der Waals surface area contributed by atoms with E-state index in [1.165, 1.54) is 51.4 Å². The summed E-state index contributed by atoms with van der Waals surface area (Å²) in [5.41, 5.74) is 0. The Kier molecular flexibility index (Phi) is 5.94. The smallest absolute Gasteiger partial charge is 0.00531 e. The van der Waals surface area contributed by atoms with E-state index in [-0.39, 0.29) is 0 Å². The van der Waals surface area contributed by atoms with E-state index in [2.05, 4.69) is 43.9 Å². The van der Waals surface area contributed by atoms with E-state index in [4.69, 9.17) is 0 Å². The highest BCUT2D eigenvalue weighted by atomic mass is 14.2. The predicted octanol–water partition coefficient (Wildman–Crippen LogP) is 5.92. The zero-order valence-electron chi connectivity index (χ0n) is 12.6. The lowest BCUT2D eigenvalue weighted by Crippen LogP contribution is -2.12. The molecule has 2 aliphatic rings. The van der Waals surface area contributed by atoms with Gasteiger partial charge in [-0.15, -0.1) is 6.58 Å². The Balaban J connectivity index is 1.74. The van der Waals surface area contributed by atoms with E-state index in [0.29, 0.717) is 5.92 Å². The third kappa shape index (κ3) is 4.67. The van der Waals surface area contributed by atoms with Crippen molar-refractivity contribution in [3.63, 3.8) is 0 Å². The van der Waals surface area contributed by atoms with Gasteiger partial charge in [0.25, 0.3) is 0 Å². The van der Waals surface area contributed by atoms with Crippen molar-refractivity contribution >= 4 is 0 Å². The van der Waals surface area contributed by atoms with Gasteiger partial charge < -0.3 is 0 Å². The third-order valence-corrected chi connectivity index (χ3v) is 4.94. The second-order valence-corrected chi connectivity index (χ2v) is 6.47. The summed E-state index contributed by atoms with van der Waals surface area (Å²) in [6.07, 6.45) is 22.9. The van der Waals surface area contributed by atoms with Crippen LogP contribution in [0.15, 0.2) is 37.0 Å². The van der Waals surface area contributed by atoms with Crippen molar-refractivity contribution in [2.24, 2.45) is 23.7 Å². The van der Waals surface area contributed by atoms with Crippen LogP contribution in [0.2, 0.25) is 0 Å². The first-order valence-electron chi connectivity index (χ1n) is 8.31. The molecule has 106 valence electrons. The van der Waals surface area contributed by atoms with E-state index in [9.17, 15) is 0 Å². The average Bonchev–Trinajstić information content (AvgIpc) is 2.47. The van der Waals surface area contributed by atoms with Crippen LogP contribution < -0.4 is 0 Å². The van der Waals surface area contributed by atoms with Crippen LogP contribution in [-0.2, 0) is 0 Å². The van der Waals surface area contributed by atoms with Gasteiger partial charge in [-0.3, -0.25) is 0 Å². The molecule has 0 heterocycles. The first-order valence-corrected chi connectivity index (χ1v) is 8.31. The van der Waals surface area contributed by atoms with E-state index in [1.54, 1.807) is 0 Å². The summed E-state index contributed by atoms with van der Waals surface area (Å²) in [6.45, 7) is 6.21. The lowest BCUT2D eigenvalue weighted by molar-refractivity contribution is 0.355. The van der Waals surface area contributed by atoms with Crippen LogP contribution in [0.5, 0.6) is 0 Å². The summed E-state index contributed by atoms with van der Waals surface area (Å²) in [7, 11) is 0. The van der Waals surface area contributed by atoms with E-state index >= 15 is 0 Å². The molecule has 2 rings (SSSR count). The number of hydrogen-bond acceptors (Lipinski definition) is 0. The Labute approximate surface area is 119 Å². The van der Waals surface area contributed by atoms with Crippen molar-refractivity contribution in [1.29, 1.82) is 0 Å². The Bertz CT molecular complexity index is 315. The molecule has 0 aromatic heterocycles. The van der Waals surface area contributed by atoms with Crippen LogP contribution in [0.4, 0.5) is 0 Å². The van der Waals surface area contributed by atoms with Crippen LogP contribution in [0.25, 0.3) is 0 Å². The molecule has 0 radical (unpaired) electrons. The minimum absolute atomic E-state index is 0.713. The second-order valence-electron chi connectivity index (χ2n) is 6.47. The van der Waals surface area contributed by atoms with Gasteiger partial charge in [0.1, 0.15) is 0 Å². The summed E-state index contributed by atoms with van der Waals surface area (Å²) in [5, 5.41) is 0. The van der Waals surface area contributed by atoms with Gasteiger partial charge in [-0.25, -0.2) is 0 Å². The van der Waals surface area contributed by atoms with Gasteiger partial charge in [-0.1, -0.05) is 43.7 Å². The standard InChI is InChI=1S/C19H30/c1-3-5-17-10-12-19(13-11-17)15-14-18-8-6-16(4-2)7-9-18/h4,10,12,14-19H,2-3,5-9,11,13H2,1H3. The summed E-state index contributed by atoms with van der Waals surface area (Å²) in [5.74, 6) is 3.19. The van der Waals surface area contributed by atoms with E-state index in [0.717, 1.165) is 17.8 Å². The number of allylic oxidation sites excluding steroid dienone is 5. The lowest BCUT2D eigenvalue weighted by atomic mass is 9.80. The maximum Gasteiger partial charge on any atom is -0.00531 e. The number of rotatable bonds is 5. The molecule has 0 amide bonds. The quantitative estimate of drug-likeness (QED) is 0.537. The second kappa shape index (κ2) is 7.72. The first kappa shape index (κ1) is 14.6. The molecule has 19 heavy (non-hydrogen) atoms. The molecule has 0 bridgehead atoms. The molecule has 0 nitrogen and oxygen atoms in total. The van der Waals surface area contributed by atoms with Crippen LogP contribution in [0.1, 0.15) is 58.3 Å². The Hall–Kier alpha value is -0.780. The fraction of sp³-hybridized carbons (Fsp3) is 0.684. The van der Waals surface area contributed by atoms with Gasteiger partial charge in [0.2, 0.25) is 0 Å². The van der Waals surface area contributed by atoms with Gasteiger partial charge >= 0.3 is 0 Å². The topological polar surface area (TPSA) is 0 Å². The minimum atomic E-state index is 0.713. The van der Waals surface area contributed by atoms with E-state index < -0.39 is 0 Å². The molecule has 2 aliphatic carbocycles. The molecular formula is C19H30. The fourth-order valence-corrected chi connectivity index (χ4v) is 3.54. The van der Waals surface area contributed by atoms with Crippen LogP contribution in [0.3, 0.4) is 0 Å². The summed E-state index contributed by atoms with van der Waals surface area (Å²) in [4.78, 5) is 0. The van der Waals surface area contributed by atoms with E-state index in [1.807, 2.05) is 0 Å². The minimum Gasteiger partial charge on any atom is -0.103 e. The lowest BCUT2D eigenvalue weighted by Gasteiger charge is -2.25. The van der Waals surface area contributed by atoms with Gasteiger partial charge in [0.15, 0.2) is 0 Å². The molecule has 1 saturated carbocycles. The maximum absolute atomic E-state index is 3.92. The largest absolute Gasteiger partial charge is 0.103 e. The monoisotopic (exact) mass is 258 g/mol. The summed E-state index contributed by atoms with van der Waals surface area (Å²) >= 11 is 0. The van der Waals surface area contributed by atoms with Crippen molar-refractivity contribution in [2.45, 2.75) is 58.3 Å². The van der Waals surface area contributed by atoms with Gasteiger partial charge in [-0.2, -0.15) is 0 Å². The molecule has 2 atom stereocenters. The molecule has 0 saturated heterocycles. The van der Waals surface area contributed by atoms with Gasteiger partial charge in [-0.05, 0) is 68.6 Å². The molecule has 1 fully saturated rings. The van der Waals surface area contributed by atoms with Crippen molar-refractivity contribution in [2.75, 3.05) is 0 Å². The summed E-state index contributed by atoms with van der Waals surface area (Å²) in [6, 6.07) is 0. The van der Waals surface area contributed by atoms with Crippen LogP contribution in [0, 0.1) is 23.7 Å². The SMILES string of the molecule is C=CC1CCC(C=CC2C=CC(CCC)CC2)CC1. The van der Waals surface area contributed by atoms with Crippen molar-refractivity contribution in [3.05, 3.63) is 37.0 Å². The fourth-order valence-electron chi connectivity index (χ4n) is 3.54. The van der Waals surface area contributed by atoms with Crippen molar-refractivity contribution in [1.82, 2.24) is 0 Å². The van der Waals surface area contributed by atoms with Gasteiger partial charge in [0, 0.05) is 0 Å². The Morgan fingerprint density at radius 1 is 0.947 bits per heavy atom. The first-order chi connectivity index (χ1) is 9.31. The molecule has 0 aromatic rings. The predicted molar refractivity (Wildman–Crippen MR) is 85.0 cm³/mol. The third-order valence-electron chi connectivity index (χ3n) is 4.94. The van der Waals surface area contributed by atoms with Crippen molar-refractivity contribution < 1.29 is 0 Å². The number of hydrogen-bond donors (Lipinski definition) is 0. The Morgan fingerprint density at radius 3 is 2.26 bits per heavy atom. The average molecular weight is 258 g/mol. The highest BCUT2D eigenvalue weighted by Crippen LogP contribution is 2.31. The van der Waals surface area contributed by atoms with Gasteiger partial charge in [0.05, 0.1) is 0 Å². The molecule has 2 unspecified atom stereocenters. The summed E-state index contributed by atoms with van der Waals surface area (Å²) < 4.78 is 0. The molecule has 0 spiro atoms. The normalized spacial score (nSPS) is 35.6. The van der Waals surface area contributed by atoms with Crippen LogP contribution >= 0.6 is 0 Å².